The van der Waals surface area contributed by atoms with Gasteiger partial charge in [-0.05, 0) is 19.1 Å². The van der Waals surface area contributed by atoms with E-state index in [0.29, 0.717) is 5.76 Å². The van der Waals surface area contributed by atoms with Crippen LogP contribution in [0.25, 0.3) is 0 Å². The van der Waals surface area contributed by atoms with Gasteiger partial charge in [0.2, 0.25) is 0 Å². The molecule has 1 N–H and O–H groups in total. The monoisotopic (exact) mass is 376 g/mol. The van der Waals surface area contributed by atoms with E-state index in [1.165, 1.54) is 12.5 Å². The predicted molar refractivity (Wildman–Crippen MR) is 84.8 cm³/mol. The lowest BCUT2D eigenvalue weighted by Gasteiger charge is -2.12. The minimum absolute atomic E-state index is 0.00817. The molecule has 9 heteroatoms. The van der Waals surface area contributed by atoms with Crippen LogP contribution in [0.2, 0.25) is 15.1 Å². The first-order valence-corrected chi connectivity index (χ1v) is 7.53. The van der Waals surface area contributed by atoms with E-state index >= 15 is 0 Å². The summed E-state index contributed by atoms with van der Waals surface area (Å²) in [6, 6.07) is 3.06. The summed E-state index contributed by atoms with van der Waals surface area (Å²) in [6.45, 7) is 1.23. The first-order chi connectivity index (χ1) is 10.9. The Morgan fingerprint density at radius 1 is 1.35 bits per heavy atom. The maximum atomic E-state index is 11.9. The first-order valence-electron chi connectivity index (χ1n) is 6.39. The zero-order valence-electron chi connectivity index (χ0n) is 11.8. The molecule has 0 unspecified atom stereocenters. The van der Waals surface area contributed by atoms with E-state index in [1.54, 1.807) is 19.1 Å². The maximum Gasteiger partial charge on any atom is 0.359 e. The quantitative estimate of drug-likeness (QED) is 0.804. The fourth-order valence-corrected chi connectivity index (χ4v) is 2.23. The summed E-state index contributed by atoms with van der Waals surface area (Å²) in [7, 11) is 0. The summed E-state index contributed by atoms with van der Waals surface area (Å²) in [5.74, 6) is -0.799. The highest BCUT2D eigenvalue weighted by Gasteiger charge is 2.20. The largest absolute Gasteiger partial charge is 0.467 e. The summed E-state index contributed by atoms with van der Waals surface area (Å²) in [4.78, 5) is 27.4. The van der Waals surface area contributed by atoms with Crippen molar-refractivity contribution in [1.82, 2.24) is 10.3 Å². The van der Waals surface area contributed by atoms with Crippen LogP contribution in [0.15, 0.2) is 29.0 Å². The van der Waals surface area contributed by atoms with Crippen LogP contribution < -0.4 is 5.32 Å². The zero-order chi connectivity index (χ0) is 17.0. The van der Waals surface area contributed by atoms with Gasteiger partial charge >= 0.3 is 5.97 Å². The number of rotatable bonds is 5. The lowest BCUT2D eigenvalue weighted by Crippen LogP contribution is -2.31. The van der Waals surface area contributed by atoms with E-state index in [2.05, 4.69) is 10.3 Å². The van der Waals surface area contributed by atoms with E-state index in [0.717, 1.165) is 0 Å². The third-order valence-electron chi connectivity index (χ3n) is 2.79. The number of ether oxygens (including phenoxy) is 1. The lowest BCUT2D eigenvalue weighted by atomic mass is 10.2. The van der Waals surface area contributed by atoms with Gasteiger partial charge in [0.15, 0.2) is 12.3 Å². The molecule has 23 heavy (non-hydrogen) atoms. The van der Waals surface area contributed by atoms with Crippen LogP contribution >= 0.6 is 34.8 Å². The van der Waals surface area contributed by atoms with Gasteiger partial charge in [0, 0.05) is 6.20 Å². The van der Waals surface area contributed by atoms with Gasteiger partial charge in [-0.1, -0.05) is 34.8 Å². The smallest absolute Gasteiger partial charge is 0.359 e. The van der Waals surface area contributed by atoms with Crippen LogP contribution in [-0.2, 0) is 9.53 Å². The molecule has 0 bridgehead atoms. The number of pyridine rings is 1. The molecule has 0 saturated carbocycles. The van der Waals surface area contributed by atoms with Crippen molar-refractivity contribution in [2.24, 2.45) is 0 Å². The van der Waals surface area contributed by atoms with Gasteiger partial charge in [-0.2, -0.15) is 0 Å². The Balaban J connectivity index is 1.92. The SMILES string of the molecule is C[C@H](NC(=O)COC(=O)c1ncc(Cl)c(Cl)c1Cl)c1ccco1. The molecule has 0 aliphatic rings. The van der Waals surface area contributed by atoms with Crippen LogP contribution in [0.3, 0.4) is 0 Å². The summed E-state index contributed by atoms with van der Waals surface area (Å²) in [5.41, 5.74) is -0.215. The molecule has 1 atom stereocenters. The minimum atomic E-state index is -0.880. The molecule has 1 amide bonds. The van der Waals surface area contributed by atoms with Gasteiger partial charge in [-0.15, -0.1) is 0 Å². The van der Waals surface area contributed by atoms with E-state index in [9.17, 15) is 9.59 Å². The number of hydrogen-bond donors (Lipinski definition) is 1. The van der Waals surface area contributed by atoms with E-state index in [4.69, 9.17) is 44.0 Å². The van der Waals surface area contributed by atoms with E-state index < -0.39 is 18.5 Å². The maximum absolute atomic E-state index is 11.9. The van der Waals surface area contributed by atoms with Crippen molar-refractivity contribution in [2.45, 2.75) is 13.0 Å². The minimum Gasteiger partial charge on any atom is -0.467 e. The number of aromatic nitrogens is 1. The molecule has 2 heterocycles. The number of amides is 1. The first kappa shape index (κ1) is 17.6. The van der Waals surface area contributed by atoms with Crippen molar-refractivity contribution in [3.05, 3.63) is 51.1 Å². The zero-order valence-corrected chi connectivity index (χ0v) is 14.1. The number of nitrogens with zero attached hydrogens (tertiary/aromatic N) is 1. The molecule has 0 radical (unpaired) electrons. The normalized spacial score (nSPS) is 11.8. The number of furan rings is 1. The van der Waals surface area contributed by atoms with Gasteiger partial charge in [0.1, 0.15) is 5.76 Å². The van der Waals surface area contributed by atoms with Crippen LogP contribution in [0.5, 0.6) is 0 Å². The third kappa shape index (κ3) is 4.37. The molecule has 0 fully saturated rings. The van der Waals surface area contributed by atoms with Crippen molar-refractivity contribution in [3.63, 3.8) is 0 Å². The molecule has 0 saturated heterocycles. The predicted octanol–water partition coefficient (Wildman–Crippen LogP) is 3.67. The molecule has 2 aromatic rings. The number of esters is 1. The highest BCUT2D eigenvalue weighted by Crippen LogP contribution is 2.31. The van der Waals surface area contributed by atoms with Crippen molar-refractivity contribution < 1.29 is 18.7 Å². The van der Waals surface area contributed by atoms with Gasteiger partial charge in [0.05, 0.1) is 27.4 Å². The average molecular weight is 378 g/mol. The van der Waals surface area contributed by atoms with Crippen molar-refractivity contribution in [2.75, 3.05) is 6.61 Å². The van der Waals surface area contributed by atoms with E-state index in [1.807, 2.05) is 0 Å². The van der Waals surface area contributed by atoms with E-state index in [-0.39, 0.29) is 26.8 Å². The summed E-state index contributed by atoms with van der Waals surface area (Å²) in [5, 5.41) is 2.58. The topological polar surface area (TPSA) is 81.4 Å². The molecular formula is C14H11Cl3N2O4. The molecule has 0 spiro atoms. The lowest BCUT2D eigenvalue weighted by molar-refractivity contribution is -0.125. The van der Waals surface area contributed by atoms with Crippen molar-refractivity contribution >= 4 is 46.7 Å². The Morgan fingerprint density at radius 2 is 2.09 bits per heavy atom. The van der Waals surface area contributed by atoms with Crippen LogP contribution in [0.4, 0.5) is 0 Å². The summed E-state index contributed by atoms with van der Waals surface area (Å²) >= 11 is 17.4. The fraction of sp³-hybridized carbons (Fsp3) is 0.214. The number of carbonyl (C=O) groups is 2. The van der Waals surface area contributed by atoms with Crippen LogP contribution in [0.1, 0.15) is 29.2 Å². The highest BCUT2D eigenvalue weighted by atomic mass is 35.5. The second-order valence-corrected chi connectivity index (χ2v) is 5.63. The van der Waals surface area contributed by atoms with Crippen molar-refractivity contribution in [1.29, 1.82) is 0 Å². The Kier molecular flexibility index (Phi) is 5.87. The molecule has 0 aliphatic carbocycles. The Labute approximate surface area is 146 Å². The summed E-state index contributed by atoms with van der Waals surface area (Å²) in [6.07, 6.45) is 2.67. The number of halogens is 3. The number of nitrogens with one attached hydrogen (secondary N) is 1. The molecule has 2 rings (SSSR count). The van der Waals surface area contributed by atoms with Crippen LogP contribution in [-0.4, -0.2) is 23.5 Å². The fourth-order valence-electron chi connectivity index (χ4n) is 1.68. The van der Waals surface area contributed by atoms with Gasteiger partial charge < -0.3 is 14.5 Å². The van der Waals surface area contributed by atoms with Gasteiger partial charge in [-0.3, -0.25) is 4.79 Å². The molecule has 0 aromatic carbocycles. The number of hydrogen-bond acceptors (Lipinski definition) is 5. The molecular weight excluding hydrogens is 367 g/mol. The van der Waals surface area contributed by atoms with Crippen LogP contribution in [0, 0.1) is 0 Å². The third-order valence-corrected chi connectivity index (χ3v) is 4.03. The van der Waals surface area contributed by atoms with Gasteiger partial charge in [0.25, 0.3) is 5.91 Å². The Morgan fingerprint density at radius 3 is 2.74 bits per heavy atom. The Bertz CT molecular complexity index is 719. The number of carbonyl (C=O) groups excluding carboxylic acids is 2. The standard InChI is InChI=1S/C14H11Cl3N2O4/c1-7(9-3-2-4-22-9)19-10(20)6-23-14(21)13-12(17)11(16)8(15)5-18-13/h2-5,7H,6H2,1H3,(H,19,20)/t7-/m0/s1. The Hall–Kier alpha value is -1.76. The second-order valence-electron chi connectivity index (χ2n) is 4.46. The van der Waals surface area contributed by atoms with Crippen molar-refractivity contribution in [3.8, 4) is 0 Å². The second kappa shape index (κ2) is 7.68. The molecule has 0 aliphatic heterocycles. The molecule has 2 aromatic heterocycles. The average Bonchev–Trinajstić information content (AvgIpc) is 3.05. The highest BCUT2D eigenvalue weighted by molar-refractivity contribution is 6.48. The van der Waals surface area contributed by atoms with Gasteiger partial charge in [-0.25, -0.2) is 9.78 Å². The molecule has 122 valence electrons. The summed E-state index contributed by atoms with van der Waals surface area (Å²) < 4.78 is 10.0. The molecule has 6 nitrogen and oxygen atoms in total.